The van der Waals surface area contributed by atoms with Gasteiger partial charge >= 0.3 is 0 Å². The molecule has 1 aromatic carbocycles. The zero-order chi connectivity index (χ0) is 11.0. The molecule has 1 heterocycles. The van der Waals surface area contributed by atoms with Crippen LogP contribution in [0.4, 0.5) is 4.39 Å². The highest BCUT2D eigenvalue weighted by Crippen LogP contribution is 2.25. The number of hydrogen-bond acceptors (Lipinski definition) is 3. The number of aryl methyl sites for hydroxylation is 1. The molecule has 15 heavy (non-hydrogen) atoms. The van der Waals surface area contributed by atoms with Crippen LogP contribution in [0.2, 0.25) is 0 Å². The lowest BCUT2D eigenvalue weighted by atomic mass is 10.1. The fraction of sp³-hybridized carbons (Fsp3) is 0.182. The quantitative estimate of drug-likeness (QED) is 0.782. The molecule has 2 rings (SSSR count). The van der Waals surface area contributed by atoms with E-state index in [4.69, 9.17) is 4.42 Å². The van der Waals surface area contributed by atoms with Crippen LogP contribution >= 0.6 is 0 Å². The molecule has 3 nitrogen and oxygen atoms in total. The van der Waals surface area contributed by atoms with Crippen molar-refractivity contribution in [2.45, 2.75) is 13.6 Å². The summed E-state index contributed by atoms with van der Waals surface area (Å²) in [6, 6.07) is 4.09. The molecule has 0 amide bonds. The first-order chi connectivity index (χ1) is 7.13. The summed E-state index contributed by atoms with van der Waals surface area (Å²) >= 11 is 0. The van der Waals surface area contributed by atoms with Gasteiger partial charge in [-0.1, -0.05) is 6.07 Å². The molecular weight excluding hydrogens is 199 g/mol. The highest BCUT2D eigenvalue weighted by molar-refractivity contribution is 5.85. The van der Waals surface area contributed by atoms with Gasteiger partial charge in [0, 0.05) is 6.07 Å². The number of fused-ring (bicyclic) bond motifs is 1. The Morgan fingerprint density at radius 1 is 1.47 bits per heavy atom. The third kappa shape index (κ3) is 1.48. The number of alkyl halides is 1. The fourth-order valence-corrected chi connectivity index (χ4v) is 1.49. The Morgan fingerprint density at radius 2 is 2.20 bits per heavy atom. The second kappa shape index (κ2) is 3.38. The van der Waals surface area contributed by atoms with Gasteiger partial charge in [-0.15, -0.1) is 0 Å². The normalized spacial score (nSPS) is 10.8. The molecule has 0 atom stereocenters. The lowest BCUT2D eigenvalue weighted by Gasteiger charge is -2.03. The number of halogens is 1. The standard InChI is InChI=1S/C11H9FO3/c1-6-2-3-8(13)10-9(14)4-7(5-12)15-11(6)10/h2-4,13H,5H2,1H3. The highest BCUT2D eigenvalue weighted by atomic mass is 19.1. The molecule has 2 aromatic rings. The van der Waals surface area contributed by atoms with Crippen molar-refractivity contribution in [3.8, 4) is 5.75 Å². The third-order valence-corrected chi connectivity index (χ3v) is 2.24. The number of phenolic OH excluding ortho intramolecular Hbond substituents is 1. The van der Waals surface area contributed by atoms with Crippen molar-refractivity contribution in [2.24, 2.45) is 0 Å². The predicted molar refractivity (Wildman–Crippen MR) is 53.7 cm³/mol. The van der Waals surface area contributed by atoms with E-state index in [0.717, 1.165) is 6.07 Å². The maximum absolute atomic E-state index is 12.4. The molecule has 0 aliphatic rings. The first-order valence-corrected chi connectivity index (χ1v) is 4.44. The molecule has 4 heteroatoms. The van der Waals surface area contributed by atoms with Gasteiger partial charge in [0.15, 0.2) is 5.43 Å². The Balaban J connectivity index is 2.97. The maximum atomic E-state index is 12.4. The van der Waals surface area contributed by atoms with Crippen LogP contribution in [0.25, 0.3) is 11.0 Å². The minimum Gasteiger partial charge on any atom is -0.507 e. The smallest absolute Gasteiger partial charge is 0.196 e. The number of benzene rings is 1. The second-order valence-electron chi connectivity index (χ2n) is 3.32. The Labute approximate surface area is 84.8 Å². The summed E-state index contributed by atoms with van der Waals surface area (Å²) in [6.07, 6.45) is 0. The summed E-state index contributed by atoms with van der Waals surface area (Å²) in [5, 5.41) is 9.59. The van der Waals surface area contributed by atoms with E-state index >= 15 is 0 Å². The number of aromatic hydroxyl groups is 1. The molecule has 0 fully saturated rings. The van der Waals surface area contributed by atoms with Crippen LogP contribution in [-0.2, 0) is 6.67 Å². The molecule has 1 aromatic heterocycles. The number of phenols is 1. The van der Waals surface area contributed by atoms with Crippen molar-refractivity contribution in [3.63, 3.8) is 0 Å². The zero-order valence-electron chi connectivity index (χ0n) is 8.08. The molecule has 0 radical (unpaired) electrons. The second-order valence-corrected chi connectivity index (χ2v) is 3.32. The van der Waals surface area contributed by atoms with E-state index < -0.39 is 12.1 Å². The average Bonchev–Trinajstić information content (AvgIpc) is 2.23. The molecule has 0 unspecified atom stereocenters. The van der Waals surface area contributed by atoms with Crippen LogP contribution in [0.3, 0.4) is 0 Å². The fourth-order valence-electron chi connectivity index (χ4n) is 1.49. The summed E-state index contributed by atoms with van der Waals surface area (Å²) in [4.78, 5) is 11.5. The van der Waals surface area contributed by atoms with E-state index in [-0.39, 0.29) is 22.5 Å². The highest BCUT2D eigenvalue weighted by Gasteiger charge is 2.10. The van der Waals surface area contributed by atoms with Crippen molar-refractivity contribution in [2.75, 3.05) is 0 Å². The third-order valence-electron chi connectivity index (χ3n) is 2.24. The van der Waals surface area contributed by atoms with E-state index in [1.165, 1.54) is 6.07 Å². The lowest BCUT2D eigenvalue weighted by Crippen LogP contribution is -2.02. The van der Waals surface area contributed by atoms with Crippen LogP contribution in [0.15, 0.2) is 27.4 Å². The van der Waals surface area contributed by atoms with Crippen LogP contribution < -0.4 is 5.43 Å². The minimum atomic E-state index is -0.833. The molecule has 0 saturated carbocycles. The summed E-state index contributed by atoms with van der Waals surface area (Å²) in [6.45, 7) is 0.896. The summed E-state index contributed by atoms with van der Waals surface area (Å²) in [5.74, 6) is -0.170. The SMILES string of the molecule is Cc1ccc(O)c2c(=O)cc(CF)oc12. The monoisotopic (exact) mass is 208 g/mol. The van der Waals surface area contributed by atoms with Gasteiger partial charge in [0.25, 0.3) is 0 Å². The largest absolute Gasteiger partial charge is 0.507 e. The van der Waals surface area contributed by atoms with Gasteiger partial charge in [0.1, 0.15) is 29.2 Å². The van der Waals surface area contributed by atoms with Gasteiger partial charge in [-0.05, 0) is 18.6 Å². The Hall–Kier alpha value is -1.84. The van der Waals surface area contributed by atoms with Crippen molar-refractivity contribution >= 4 is 11.0 Å². The lowest BCUT2D eigenvalue weighted by molar-refractivity contribution is 0.399. The van der Waals surface area contributed by atoms with Crippen molar-refractivity contribution in [1.29, 1.82) is 0 Å². The summed E-state index contributed by atoms with van der Waals surface area (Å²) in [7, 11) is 0. The van der Waals surface area contributed by atoms with Gasteiger partial charge in [-0.25, -0.2) is 4.39 Å². The molecule has 0 spiro atoms. The first-order valence-electron chi connectivity index (χ1n) is 4.44. The van der Waals surface area contributed by atoms with Gasteiger partial charge in [-0.3, -0.25) is 4.79 Å². The zero-order valence-corrected chi connectivity index (χ0v) is 8.08. The molecular formula is C11H9FO3. The molecule has 0 saturated heterocycles. The van der Waals surface area contributed by atoms with E-state index in [1.54, 1.807) is 13.0 Å². The average molecular weight is 208 g/mol. The van der Waals surface area contributed by atoms with Crippen molar-refractivity contribution in [3.05, 3.63) is 39.7 Å². The van der Waals surface area contributed by atoms with Crippen LogP contribution in [-0.4, -0.2) is 5.11 Å². The van der Waals surface area contributed by atoms with E-state index in [9.17, 15) is 14.3 Å². The topological polar surface area (TPSA) is 50.4 Å². The van der Waals surface area contributed by atoms with E-state index in [0.29, 0.717) is 5.56 Å². The van der Waals surface area contributed by atoms with Crippen molar-refractivity contribution < 1.29 is 13.9 Å². The molecule has 0 bridgehead atoms. The summed E-state index contributed by atoms with van der Waals surface area (Å²) < 4.78 is 17.5. The molecule has 78 valence electrons. The Kier molecular flexibility index (Phi) is 2.19. The number of rotatable bonds is 1. The predicted octanol–water partition coefficient (Wildman–Crippen LogP) is 2.28. The Morgan fingerprint density at radius 3 is 2.87 bits per heavy atom. The van der Waals surface area contributed by atoms with Gasteiger partial charge < -0.3 is 9.52 Å². The molecule has 0 aliphatic heterocycles. The van der Waals surface area contributed by atoms with Crippen LogP contribution in [0.1, 0.15) is 11.3 Å². The number of hydrogen-bond donors (Lipinski definition) is 1. The first kappa shape index (κ1) is 9.71. The summed E-state index contributed by atoms with van der Waals surface area (Å²) in [5.41, 5.74) is 0.510. The molecule has 0 aliphatic carbocycles. The van der Waals surface area contributed by atoms with E-state index in [1.807, 2.05) is 0 Å². The van der Waals surface area contributed by atoms with E-state index in [2.05, 4.69) is 0 Å². The van der Waals surface area contributed by atoms with Gasteiger partial charge in [0.2, 0.25) is 0 Å². The van der Waals surface area contributed by atoms with Gasteiger partial charge in [-0.2, -0.15) is 0 Å². The molecule has 1 N–H and O–H groups in total. The van der Waals surface area contributed by atoms with Gasteiger partial charge in [0.05, 0.1) is 0 Å². The Bertz CT molecular complexity index is 572. The van der Waals surface area contributed by atoms with Crippen LogP contribution in [0.5, 0.6) is 5.75 Å². The maximum Gasteiger partial charge on any atom is 0.196 e. The minimum absolute atomic E-state index is 0.0267. The van der Waals surface area contributed by atoms with Crippen molar-refractivity contribution in [1.82, 2.24) is 0 Å². The van der Waals surface area contributed by atoms with Crippen LogP contribution in [0, 0.1) is 6.92 Å².